The Hall–Kier alpha value is -0.860. The van der Waals surface area contributed by atoms with Gasteiger partial charge in [0.1, 0.15) is 0 Å². The van der Waals surface area contributed by atoms with Crippen LogP contribution in [0.1, 0.15) is 13.8 Å². The van der Waals surface area contributed by atoms with E-state index in [-0.39, 0.29) is 11.8 Å². The van der Waals surface area contributed by atoms with Crippen LogP contribution in [-0.2, 0) is 0 Å². The highest BCUT2D eigenvalue weighted by molar-refractivity contribution is 5.30. The first-order valence-corrected chi connectivity index (χ1v) is 4.88. The summed E-state index contributed by atoms with van der Waals surface area (Å²) in [6.45, 7) is 11.2. The Kier molecular flexibility index (Phi) is 3.29. The molecular weight excluding hydrogens is 176 g/mol. The van der Waals surface area contributed by atoms with Crippen LogP contribution in [0.5, 0.6) is 0 Å². The van der Waals surface area contributed by atoms with Crippen molar-refractivity contribution in [3.63, 3.8) is 0 Å². The third kappa shape index (κ3) is 1.68. The average molecular weight is 194 g/mol. The van der Waals surface area contributed by atoms with Crippen molar-refractivity contribution in [2.75, 3.05) is 0 Å². The molecule has 0 unspecified atom stereocenters. The minimum Gasteiger partial charge on any atom is -0.388 e. The van der Waals surface area contributed by atoms with Gasteiger partial charge in [0, 0.05) is 11.8 Å². The summed E-state index contributed by atoms with van der Waals surface area (Å²) in [5.41, 5.74) is 1.55. The number of hydrogen-bond donors (Lipinski definition) is 2. The Morgan fingerprint density at radius 3 is 1.93 bits per heavy atom. The number of aliphatic hydroxyl groups is 2. The summed E-state index contributed by atoms with van der Waals surface area (Å²) < 4.78 is 0. The summed E-state index contributed by atoms with van der Waals surface area (Å²) in [5.74, 6) is 0.0257. The Morgan fingerprint density at radius 2 is 1.57 bits per heavy atom. The van der Waals surface area contributed by atoms with Crippen molar-refractivity contribution in [2.45, 2.75) is 26.1 Å². The molecule has 2 heteroatoms. The maximum atomic E-state index is 9.80. The van der Waals surface area contributed by atoms with Crippen LogP contribution in [0, 0.1) is 11.8 Å². The molecule has 0 aromatic heterocycles. The standard InChI is InChI=1S/C12H18O2/c1-5-6-10-7(2)11(13)9(4)12(14)8(10)3/h5-8,11-14H,1,4H2,2-3H3/t7-,8+,11-,12-/m1/s1. The van der Waals surface area contributed by atoms with Crippen LogP contribution in [0.25, 0.3) is 0 Å². The Bertz CT molecular complexity index is 258. The summed E-state index contributed by atoms with van der Waals surface area (Å²) in [6.07, 6.45) is 2.27. The second-order valence-electron chi connectivity index (χ2n) is 3.94. The van der Waals surface area contributed by atoms with E-state index < -0.39 is 12.2 Å². The summed E-state index contributed by atoms with van der Waals surface area (Å²) in [7, 11) is 0. The summed E-state index contributed by atoms with van der Waals surface area (Å²) in [4.78, 5) is 0. The fraction of sp³-hybridized carbons (Fsp3) is 0.500. The van der Waals surface area contributed by atoms with Gasteiger partial charge in [0.05, 0.1) is 12.2 Å². The fourth-order valence-corrected chi connectivity index (χ4v) is 2.04. The van der Waals surface area contributed by atoms with Crippen molar-refractivity contribution in [3.05, 3.63) is 36.5 Å². The van der Waals surface area contributed by atoms with Crippen molar-refractivity contribution in [3.8, 4) is 0 Å². The van der Waals surface area contributed by atoms with Crippen LogP contribution >= 0.6 is 0 Å². The van der Waals surface area contributed by atoms with E-state index in [0.29, 0.717) is 5.57 Å². The second-order valence-corrected chi connectivity index (χ2v) is 3.94. The van der Waals surface area contributed by atoms with E-state index in [9.17, 15) is 10.2 Å². The SMILES string of the molecule is C=CC=C1[C@@H](C)[C@@H](O)C(=C)[C@H](O)[C@H]1C. The normalized spacial score (nSPS) is 41.4. The quantitative estimate of drug-likeness (QED) is 0.623. The third-order valence-corrected chi connectivity index (χ3v) is 3.07. The van der Waals surface area contributed by atoms with Gasteiger partial charge in [-0.2, -0.15) is 0 Å². The van der Waals surface area contributed by atoms with Crippen LogP contribution in [0.2, 0.25) is 0 Å². The molecule has 0 aromatic carbocycles. The maximum Gasteiger partial charge on any atom is 0.0835 e. The predicted octanol–water partition coefficient (Wildman–Crippen LogP) is 1.66. The molecule has 1 fully saturated rings. The van der Waals surface area contributed by atoms with E-state index in [1.54, 1.807) is 6.08 Å². The van der Waals surface area contributed by atoms with Crippen LogP contribution in [0.4, 0.5) is 0 Å². The zero-order valence-corrected chi connectivity index (χ0v) is 8.77. The van der Waals surface area contributed by atoms with Gasteiger partial charge in [0.15, 0.2) is 0 Å². The zero-order valence-electron chi connectivity index (χ0n) is 8.77. The van der Waals surface area contributed by atoms with Crippen molar-refractivity contribution < 1.29 is 10.2 Å². The van der Waals surface area contributed by atoms with Crippen molar-refractivity contribution in [1.29, 1.82) is 0 Å². The number of hydrogen-bond acceptors (Lipinski definition) is 2. The summed E-state index contributed by atoms with van der Waals surface area (Å²) >= 11 is 0. The summed E-state index contributed by atoms with van der Waals surface area (Å²) in [6, 6.07) is 0. The van der Waals surface area contributed by atoms with Gasteiger partial charge < -0.3 is 10.2 Å². The van der Waals surface area contributed by atoms with Gasteiger partial charge in [-0.15, -0.1) is 0 Å². The molecule has 0 saturated heterocycles. The first kappa shape index (κ1) is 11.2. The molecule has 2 N–H and O–H groups in total. The largest absolute Gasteiger partial charge is 0.388 e. The van der Waals surface area contributed by atoms with Crippen LogP contribution in [0.15, 0.2) is 36.5 Å². The second kappa shape index (κ2) is 4.11. The highest BCUT2D eigenvalue weighted by atomic mass is 16.3. The molecule has 1 aliphatic carbocycles. The van der Waals surface area contributed by atoms with Crippen LogP contribution in [-0.4, -0.2) is 22.4 Å². The molecule has 14 heavy (non-hydrogen) atoms. The molecule has 78 valence electrons. The minimum absolute atomic E-state index is 0.0129. The summed E-state index contributed by atoms with van der Waals surface area (Å²) in [5, 5.41) is 19.6. The van der Waals surface area contributed by atoms with Crippen LogP contribution < -0.4 is 0 Å². The van der Waals surface area contributed by atoms with Gasteiger partial charge in [0.25, 0.3) is 0 Å². The highest BCUT2D eigenvalue weighted by Gasteiger charge is 2.36. The molecule has 0 aromatic rings. The lowest BCUT2D eigenvalue weighted by Gasteiger charge is -2.38. The van der Waals surface area contributed by atoms with E-state index >= 15 is 0 Å². The predicted molar refractivity (Wildman–Crippen MR) is 57.8 cm³/mol. The smallest absolute Gasteiger partial charge is 0.0835 e. The Balaban J connectivity index is 3.03. The van der Waals surface area contributed by atoms with Gasteiger partial charge in [-0.25, -0.2) is 0 Å². The molecular formula is C12H18O2. The van der Waals surface area contributed by atoms with E-state index in [1.165, 1.54) is 0 Å². The van der Waals surface area contributed by atoms with Crippen molar-refractivity contribution >= 4 is 0 Å². The molecule has 2 nitrogen and oxygen atoms in total. The molecule has 1 aliphatic rings. The van der Waals surface area contributed by atoms with E-state index in [1.807, 2.05) is 19.9 Å². The Morgan fingerprint density at radius 1 is 1.14 bits per heavy atom. The van der Waals surface area contributed by atoms with Gasteiger partial charge in [-0.3, -0.25) is 0 Å². The number of rotatable bonds is 1. The third-order valence-electron chi connectivity index (χ3n) is 3.07. The van der Waals surface area contributed by atoms with Gasteiger partial charge in [-0.05, 0) is 5.57 Å². The number of aliphatic hydroxyl groups excluding tert-OH is 2. The molecule has 0 heterocycles. The van der Waals surface area contributed by atoms with E-state index in [4.69, 9.17) is 0 Å². The van der Waals surface area contributed by atoms with Crippen molar-refractivity contribution in [1.82, 2.24) is 0 Å². The zero-order chi connectivity index (χ0) is 10.9. The highest BCUT2D eigenvalue weighted by Crippen LogP contribution is 2.36. The lowest BCUT2D eigenvalue weighted by atomic mass is 9.72. The lowest BCUT2D eigenvalue weighted by molar-refractivity contribution is 0.0666. The van der Waals surface area contributed by atoms with Gasteiger partial charge in [-0.1, -0.05) is 44.7 Å². The van der Waals surface area contributed by atoms with Crippen molar-refractivity contribution in [2.24, 2.45) is 11.8 Å². The van der Waals surface area contributed by atoms with Gasteiger partial charge in [0.2, 0.25) is 0 Å². The molecule has 1 saturated carbocycles. The molecule has 0 radical (unpaired) electrons. The molecule has 4 atom stereocenters. The minimum atomic E-state index is -0.646. The first-order chi connectivity index (χ1) is 6.50. The fourth-order valence-electron chi connectivity index (χ4n) is 2.04. The van der Waals surface area contributed by atoms with Gasteiger partial charge >= 0.3 is 0 Å². The molecule has 0 bridgehead atoms. The molecule has 0 aliphatic heterocycles. The topological polar surface area (TPSA) is 40.5 Å². The number of allylic oxidation sites excluding steroid dienone is 2. The average Bonchev–Trinajstić information content (AvgIpc) is 2.19. The maximum absolute atomic E-state index is 9.80. The first-order valence-electron chi connectivity index (χ1n) is 4.88. The Labute approximate surface area is 85.3 Å². The molecule has 0 spiro atoms. The molecule has 0 amide bonds. The van der Waals surface area contributed by atoms with E-state index in [0.717, 1.165) is 5.57 Å². The molecule has 1 rings (SSSR count). The van der Waals surface area contributed by atoms with E-state index in [2.05, 4.69) is 13.2 Å². The monoisotopic (exact) mass is 194 g/mol. The lowest BCUT2D eigenvalue weighted by Crippen LogP contribution is -2.40. The van der Waals surface area contributed by atoms with Crippen LogP contribution in [0.3, 0.4) is 0 Å².